The van der Waals surface area contributed by atoms with Crippen LogP contribution in [-0.4, -0.2) is 12.5 Å². The first-order chi connectivity index (χ1) is 9.70. The van der Waals surface area contributed by atoms with Crippen LogP contribution >= 0.6 is 0 Å². The van der Waals surface area contributed by atoms with E-state index in [1.165, 1.54) is 5.56 Å². The first-order valence-corrected chi connectivity index (χ1v) is 6.60. The van der Waals surface area contributed by atoms with E-state index in [1.54, 1.807) is 6.07 Å². The number of carbonyl (C=O) groups excluding carboxylic acids is 1. The Morgan fingerprint density at radius 2 is 1.90 bits per heavy atom. The molecular formula is C16H19N3O. The van der Waals surface area contributed by atoms with Gasteiger partial charge in [0.15, 0.2) is 0 Å². The van der Waals surface area contributed by atoms with Crippen molar-refractivity contribution in [3.63, 3.8) is 0 Å². The number of hydrogen-bond donors (Lipinski definition) is 3. The first-order valence-electron chi connectivity index (χ1n) is 6.60. The molecule has 2 aromatic rings. The molecule has 0 heterocycles. The minimum absolute atomic E-state index is 0.117. The van der Waals surface area contributed by atoms with E-state index >= 15 is 0 Å². The predicted molar refractivity (Wildman–Crippen MR) is 81.5 cm³/mol. The Labute approximate surface area is 119 Å². The number of amides is 1. The summed E-state index contributed by atoms with van der Waals surface area (Å²) in [7, 11) is 0. The molecule has 104 valence electrons. The highest BCUT2D eigenvalue weighted by molar-refractivity contribution is 5.99. The van der Waals surface area contributed by atoms with Gasteiger partial charge in [0.05, 0.1) is 11.3 Å². The Bertz CT molecular complexity index is 582. The summed E-state index contributed by atoms with van der Waals surface area (Å²) in [6.07, 6.45) is 0.809. The lowest BCUT2D eigenvalue weighted by Gasteiger charge is -2.10. The van der Waals surface area contributed by atoms with Crippen LogP contribution in [0.1, 0.15) is 21.5 Å². The topological polar surface area (TPSA) is 67.2 Å². The van der Waals surface area contributed by atoms with Crippen molar-refractivity contribution in [1.82, 2.24) is 5.32 Å². The number of anilines is 1. The van der Waals surface area contributed by atoms with Gasteiger partial charge in [0, 0.05) is 6.54 Å². The van der Waals surface area contributed by atoms with Gasteiger partial charge in [-0.1, -0.05) is 36.4 Å². The Balaban J connectivity index is 1.95. The molecule has 4 heteroatoms. The molecule has 4 nitrogen and oxygen atoms in total. The third-order valence-corrected chi connectivity index (χ3v) is 3.12. The lowest BCUT2D eigenvalue weighted by Crippen LogP contribution is -2.27. The molecule has 20 heavy (non-hydrogen) atoms. The normalized spacial score (nSPS) is 10.1. The largest absolute Gasteiger partial charge is 0.352 e. The van der Waals surface area contributed by atoms with E-state index < -0.39 is 0 Å². The summed E-state index contributed by atoms with van der Waals surface area (Å²) in [6, 6.07) is 15.6. The van der Waals surface area contributed by atoms with E-state index in [2.05, 4.69) is 10.7 Å². The number of nitrogens with two attached hydrogens (primary N) is 1. The fourth-order valence-corrected chi connectivity index (χ4v) is 2.04. The number of nitrogen functional groups attached to an aromatic ring is 1. The van der Waals surface area contributed by atoms with Crippen LogP contribution in [0.2, 0.25) is 0 Å². The maximum Gasteiger partial charge on any atom is 0.253 e. The molecule has 0 aromatic heterocycles. The lowest BCUT2D eigenvalue weighted by atomic mass is 10.1. The summed E-state index contributed by atoms with van der Waals surface area (Å²) in [5, 5.41) is 2.91. The molecule has 0 aliphatic heterocycles. The van der Waals surface area contributed by atoms with Crippen LogP contribution in [-0.2, 0) is 6.42 Å². The van der Waals surface area contributed by atoms with Gasteiger partial charge in [-0.05, 0) is 36.6 Å². The van der Waals surface area contributed by atoms with Crippen molar-refractivity contribution in [1.29, 1.82) is 0 Å². The first kappa shape index (κ1) is 14.1. The lowest BCUT2D eigenvalue weighted by molar-refractivity contribution is 0.0955. The molecule has 0 aliphatic carbocycles. The molecule has 2 rings (SSSR count). The van der Waals surface area contributed by atoms with E-state index in [0.29, 0.717) is 17.8 Å². The van der Waals surface area contributed by atoms with Crippen LogP contribution in [0.3, 0.4) is 0 Å². The van der Waals surface area contributed by atoms with Gasteiger partial charge in [-0.2, -0.15) is 0 Å². The van der Waals surface area contributed by atoms with Gasteiger partial charge >= 0.3 is 0 Å². The van der Waals surface area contributed by atoms with Crippen LogP contribution in [0.25, 0.3) is 0 Å². The smallest absolute Gasteiger partial charge is 0.253 e. The number of aryl methyl sites for hydroxylation is 1. The van der Waals surface area contributed by atoms with Gasteiger partial charge in [-0.3, -0.25) is 10.6 Å². The molecule has 0 saturated carbocycles. The third-order valence-electron chi connectivity index (χ3n) is 3.12. The van der Waals surface area contributed by atoms with E-state index in [1.807, 2.05) is 49.4 Å². The van der Waals surface area contributed by atoms with Crippen molar-refractivity contribution in [2.75, 3.05) is 12.0 Å². The minimum Gasteiger partial charge on any atom is -0.352 e. The van der Waals surface area contributed by atoms with E-state index in [4.69, 9.17) is 5.84 Å². The Hall–Kier alpha value is -2.33. The number of hydrogen-bond acceptors (Lipinski definition) is 3. The Morgan fingerprint density at radius 3 is 2.60 bits per heavy atom. The fourth-order valence-electron chi connectivity index (χ4n) is 2.04. The highest BCUT2D eigenvalue weighted by Crippen LogP contribution is 2.16. The summed E-state index contributed by atoms with van der Waals surface area (Å²) < 4.78 is 0. The molecule has 1 amide bonds. The summed E-state index contributed by atoms with van der Waals surface area (Å²) in [6.45, 7) is 2.55. The quantitative estimate of drug-likeness (QED) is 0.576. The zero-order valence-electron chi connectivity index (χ0n) is 11.5. The minimum atomic E-state index is -0.117. The summed E-state index contributed by atoms with van der Waals surface area (Å²) >= 11 is 0. The Kier molecular flexibility index (Phi) is 4.74. The van der Waals surface area contributed by atoms with Gasteiger partial charge in [0.1, 0.15) is 0 Å². The molecule has 4 N–H and O–H groups in total. The van der Waals surface area contributed by atoms with Gasteiger partial charge in [-0.25, -0.2) is 0 Å². The van der Waals surface area contributed by atoms with Crippen LogP contribution < -0.4 is 16.6 Å². The molecule has 0 spiro atoms. The molecule has 2 aromatic carbocycles. The summed E-state index contributed by atoms with van der Waals surface area (Å²) in [5.74, 6) is 5.33. The zero-order valence-corrected chi connectivity index (χ0v) is 11.5. The van der Waals surface area contributed by atoms with Crippen LogP contribution in [0.15, 0.2) is 48.5 Å². The highest BCUT2D eigenvalue weighted by Gasteiger charge is 2.10. The Morgan fingerprint density at radius 1 is 1.15 bits per heavy atom. The average Bonchev–Trinajstić information content (AvgIpc) is 2.48. The second kappa shape index (κ2) is 6.73. The number of benzene rings is 2. The fraction of sp³-hybridized carbons (Fsp3) is 0.188. The number of rotatable bonds is 5. The molecule has 0 atom stereocenters. The molecule has 0 bridgehead atoms. The van der Waals surface area contributed by atoms with Gasteiger partial charge in [0.2, 0.25) is 0 Å². The third kappa shape index (κ3) is 3.59. The molecule has 0 radical (unpaired) electrons. The number of hydrazine groups is 1. The highest BCUT2D eigenvalue weighted by atomic mass is 16.1. The molecular weight excluding hydrogens is 250 g/mol. The van der Waals surface area contributed by atoms with Crippen molar-refractivity contribution in [3.8, 4) is 0 Å². The van der Waals surface area contributed by atoms with Gasteiger partial charge < -0.3 is 10.7 Å². The second-order valence-electron chi connectivity index (χ2n) is 4.68. The summed E-state index contributed by atoms with van der Waals surface area (Å²) in [4.78, 5) is 12.1. The molecule has 0 fully saturated rings. The van der Waals surface area contributed by atoms with E-state index in [9.17, 15) is 4.79 Å². The van der Waals surface area contributed by atoms with E-state index in [0.717, 1.165) is 12.0 Å². The molecule has 0 aliphatic rings. The maximum absolute atomic E-state index is 12.1. The maximum atomic E-state index is 12.1. The summed E-state index contributed by atoms with van der Waals surface area (Å²) in [5.41, 5.74) is 6.02. The monoisotopic (exact) mass is 269 g/mol. The SMILES string of the molecule is Cc1ccc(C(=O)NCCc2ccccc2)c(NN)c1. The standard InChI is InChI=1S/C16H19N3O/c1-12-7-8-14(15(11-12)19-17)16(20)18-10-9-13-5-3-2-4-6-13/h2-8,11,19H,9-10,17H2,1H3,(H,18,20). The van der Waals surface area contributed by atoms with Gasteiger partial charge in [-0.15, -0.1) is 0 Å². The van der Waals surface area contributed by atoms with Crippen molar-refractivity contribution in [2.45, 2.75) is 13.3 Å². The number of nitrogens with one attached hydrogen (secondary N) is 2. The van der Waals surface area contributed by atoms with Crippen LogP contribution in [0.5, 0.6) is 0 Å². The van der Waals surface area contributed by atoms with Crippen molar-refractivity contribution >= 4 is 11.6 Å². The van der Waals surface area contributed by atoms with Gasteiger partial charge in [0.25, 0.3) is 5.91 Å². The number of carbonyl (C=O) groups is 1. The van der Waals surface area contributed by atoms with Crippen LogP contribution in [0, 0.1) is 6.92 Å². The average molecular weight is 269 g/mol. The van der Waals surface area contributed by atoms with Crippen molar-refractivity contribution < 1.29 is 4.79 Å². The van der Waals surface area contributed by atoms with Crippen LogP contribution in [0.4, 0.5) is 5.69 Å². The molecule has 0 saturated heterocycles. The predicted octanol–water partition coefficient (Wildman–Crippen LogP) is 2.25. The molecule has 0 unspecified atom stereocenters. The second-order valence-corrected chi connectivity index (χ2v) is 4.68. The van der Waals surface area contributed by atoms with E-state index in [-0.39, 0.29) is 5.91 Å². The zero-order chi connectivity index (χ0) is 14.4. The van der Waals surface area contributed by atoms with Crippen molar-refractivity contribution in [3.05, 3.63) is 65.2 Å². The van der Waals surface area contributed by atoms with Crippen molar-refractivity contribution in [2.24, 2.45) is 5.84 Å².